The van der Waals surface area contributed by atoms with Crippen molar-refractivity contribution in [1.82, 2.24) is 10.2 Å². The van der Waals surface area contributed by atoms with Gasteiger partial charge in [0.2, 0.25) is 5.79 Å². The highest BCUT2D eigenvalue weighted by atomic mass is 32.2. The van der Waals surface area contributed by atoms with Crippen LogP contribution in [0, 0.1) is 0 Å². The molecule has 2 heterocycles. The molecule has 0 amide bonds. The zero-order valence-electron chi connectivity index (χ0n) is 15.4. The molecule has 0 unspecified atom stereocenters. The number of phenolic OH excluding ortho intramolecular Hbond substituents is 1. The maximum atomic E-state index is 9.98. The Morgan fingerprint density at radius 2 is 1.66 bits per heavy atom. The quantitative estimate of drug-likeness (QED) is 0.486. The topological polar surface area (TPSA) is 77.6 Å². The van der Waals surface area contributed by atoms with E-state index in [9.17, 15) is 5.11 Å². The maximum absolute atomic E-state index is 9.98. The zero-order valence-corrected chi connectivity index (χ0v) is 16.3. The van der Waals surface area contributed by atoms with Gasteiger partial charge in [-0.2, -0.15) is 0 Å². The van der Waals surface area contributed by atoms with Gasteiger partial charge >= 0.3 is 0 Å². The standard InChI is InChI=1S/C22H18N2O4S/c25-19-8-4-3-7-18(19)20-23-24-21(28-20)29-14-22(26-11-12-27-22)17-10-9-15-5-1-2-6-16(15)13-17/h1-10,13,25H,11-12,14H2. The van der Waals surface area contributed by atoms with E-state index in [0.29, 0.717) is 29.8 Å². The second-order valence-corrected chi connectivity index (χ2v) is 7.62. The summed E-state index contributed by atoms with van der Waals surface area (Å²) >= 11 is 1.37. The van der Waals surface area contributed by atoms with Crippen molar-refractivity contribution in [3.8, 4) is 17.2 Å². The number of ether oxygens (including phenoxy) is 2. The molecule has 0 atom stereocenters. The molecule has 1 aliphatic rings. The van der Waals surface area contributed by atoms with E-state index in [4.69, 9.17) is 13.9 Å². The highest BCUT2D eigenvalue weighted by Crippen LogP contribution is 2.38. The van der Waals surface area contributed by atoms with Crippen LogP contribution in [0.4, 0.5) is 0 Å². The van der Waals surface area contributed by atoms with Gasteiger partial charge < -0.3 is 19.0 Å². The lowest BCUT2D eigenvalue weighted by Gasteiger charge is -2.27. The Bertz CT molecular complexity index is 1150. The van der Waals surface area contributed by atoms with Crippen LogP contribution in [-0.4, -0.2) is 34.3 Å². The fraction of sp³-hybridized carbons (Fsp3) is 0.182. The third-order valence-corrected chi connectivity index (χ3v) is 5.81. The van der Waals surface area contributed by atoms with Crippen LogP contribution in [-0.2, 0) is 15.3 Å². The molecule has 1 aliphatic heterocycles. The van der Waals surface area contributed by atoms with E-state index in [1.54, 1.807) is 24.3 Å². The number of rotatable bonds is 5. The molecule has 6 nitrogen and oxygen atoms in total. The molecule has 3 aromatic carbocycles. The first-order chi connectivity index (χ1) is 14.2. The van der Waals surface area contributed by atoms with Gasteiger partial charge in [0.05, 0.1) is 24.5 Å². The van der Waals surface area contributed by atoms with Crippen molar-refractivity contribution in [2.24, 2.45) is 0 Å². The lowest BCUT2D eigenvalue weighted by molar-refractivity contribution is -0.145. The van der Waals surface area contributed by atoms with E-state index >= 15 is 0 Å². The molecular formula is C22H18N2O4S. The van der Waals surface area contributed by atoms with E-state index in [0.717, 1.165) is 10.9 Å². The number of aromatic hydroxyl groups is 1. The van der Waals surface area contributed by atoms with Gasteiger partial charge in [-0.3, -0.25) is 0 Å². The first-order valence-corrected chi connectivity index (χ1v) is 10.2. The van der Waals surface area contributed by atoms with E-state index in [-0.39, 0.29) is 11.6 Å². The number of thioether (sulfide) groups is 1. The second-order valence-electron chi connectivity index (χ2n) is 6.69. The summed E-state index contributed by atoms with van der Waals surface area (Å²) in [6, 6.07) is 21.3. The Morgan fingerprint density at radius 3 is 2.48 bits per heavy atom. The van der Waals surface area contributed by atoms with Gasteiger partial charge in [-0.05, 0) is 29.0 Å². The van der Waals surface area contributed by atoms with E-state index < -0.39 is 5.79 Å². The average Bonchev–Trinajstić information content (AvgIpc) is 3.43. The van der Waals surface area contributed by atoms with Crippen molar-refractivity contribution >= 4 is 22.5 Å². The van der Waals surface area contributed by atoms with Crippen LogP contribution in [0.25, 0.3) is 22.2 Å². The molecule has 146 valence electrons. The normalized spacial score (nSPS) is 15.7. The van der Waals surface area contributed by atoms with Crippen LogP contribution >= 0.6 is 11.8 Å². The van der Waals surface area contributed by atoms with E-state index in [1.165, 1.54) is 17.1 Å². The maximum Gasteiger partial charge on any atom is 0.277 e. The summed E-state index contributed by atoms with van der Waals surface area (Å²) in [5.41, 5.74) is 1.46. The Balaban J connectivity index is 1.39. The summed E-state index contributed by atoms with van der Waals surface area (Å²) in [7, 11) is 0. The van der Waals surface area contributed by atoms with E-state index in [2.05, 4.69) is 34.5 Å². The fourth-order valence-electron chi connectivity index (χ4n) is 3.40. The molecule has 0 spiro atoms. The lowest BCUT2D eigenvalue weighted by atomic mass is 10.0. The third-order valence-electron chi connectivity index (χ3n) is 4.87. The monoisotopic (exact) mass is 406 g/mol. The number of phenols is 1. The molecule has 7 heteroatoms. The predicted molar refractivity (Wildman–Crippen MR) is 110 cm³/mol. The largest absolute Gasteiger partial charge is 0.507 e. The average molecular weight is 406 g/mol. The smallest absolute Gasteiger partial charge is 0.277 e. The number of nitrogens with zero attached hydrogens (tertiary/aromatic N) is 2. The summed E-state index contributed by atoms with van der Waals surface area (Å²) in [4.78, 5) is 0. The summed E-state index contributed by atoms with van der Waals surface area (Å²) in [5, 5.41) is 20.8. The van der Waals surface area contributed by atoms with Crippen LogP contribution in [0.2, 0.25) is 0 Å². The van der Waals surface area contributed by atoms with Crippen LogP contribution in [0.15, 0.2) is 76.4 Å². The molecule has 0 aliphatic carbocycles. The number of benzene rings is 3. The van der Waals surface area contributed by atoms with Crippen molar-refractivity contribution < 1.29 is 19.0 Å². The molecule has 0 bridgehead atoms. The minimum atomic E-state index is -0.863. The van der Waals surface area contributed by atoms with Gasteiger partial charge in [0.15, 0.2) is 0 Å². The second kappa shape index (κ2) is 7.51. The Morgan fingerprint density at radius 1 is 0.897 bits per heavy atom. The molecule has 5 rings (SSSR count). The number of aromatic nitrogens is 2. The van der Waals surface area contributed by atoms with Gasteiger partial charge in [0.25, 0.3) is 11.1 Å². The van der Waals surface area contributed by atoms with Crippen molar-refractivity contribution in [1.29, 1.82) is 0 Å². The number of hydrogen-bond acceptors (Lipinski definition) is 7. The summed E-state index contributed by atoms with van der Waals surface area (Å²) in [5.74, 6) is -0.0206. The fourth-order valence-corrected chi connectivity index (χ4v) is 4.29. The Kier molecular flexibility index (Phi) is 4.71. The molecule has 1 fully saturated rings. The lowest BCUT2D eigenvalue weighted by Crippen LogP contribution is -2.30. The molecule has 0 saturated carbocycles. The number of hydrogen-bond donors (Lipinski definition) is 1. The molecule has 1 saturated heterocycles. The van der Waals surface area contributed by atoms with Crippen molar-refractivity contribution in [3.63, 3.8) is 0 Å². The van der Waals surface area contributed by atoms with Crippen LogP contribution < -0.4 is 0 Å². The summed E-state index contributed by atoms with van der Waals surface area (Å²) in [6.45, 7) is 1.06. The van der Waals surface area contributed by atoms with E-state index in [1.807, 2.05) is 18.2 Å². The highest BCUT2D eigenvalue weighted by Gasteiger charge is 2.39. The van der Waals surface area contributed by atoms with Gasteiger partial charge in [-0.1, -0.05) is 60.3 Å². The molecule has 0 radical (unpaired) electrons. The van der Waals surface area contributed by atoms with Gasteiger partial charge in [0, 0.05) is 5.56 Å². The minimum absolute atomic E-state index is 0.0998. The minimum Gasteiger partial charge on any atom is -0.507 e. The zero-order chi connectivity index (χ0) is 19.7. The van der Waals surface area contributed by atoms with Crippen molar-refractivity contribution in [2.45, 2.75) is 11.0 Å². The van der Waals surface area contributed by atoms with Crippen LogP contribution in [0.3, 0.4) is 0 Å². The Labute approximate surface area is 171 Å². The van der Waals surface area contributed by atoms with Gasteiger partial charge in [-0.15, -0.1) is 10.2 Å². The molecule has 4 aromatic rings. The molecular weight excluding hydrogens is 388 g/mol. The van der Waals surface area contributed by atoms with Crippen LogP contribution in [0.5, 0.6) is 5.75 Å². The molecule has 1 N–H and O–H groups in total. The Hall–Kier alpha value is -2.87. The summed E-state index contributed by atoms with van der Waals surface area (Å²) < 4.78 is 17.8. The van der Waals surface area contributed by atoms with Gasteiger partial charge in [0.1, 0.15) is 5.75 Å². The number of fused-ring (bicyclic) bond motifs is 1. The SMILES string of the molecule is Oc1ccccc1-c1nnc(SCC2(c3ccc4ccccc4c3)OCCO2)o1. The highest BCUT2D eigenvalue weighted by molar-refractivity contribution is 7.99. The third kappa shape index (κ3) is 3.48. The molecule has 29 heavy (non-hydrogen) atoms. The van der Waals surface area contributed by atoms with Crippen LogP contribution in [0.1, 0.15) is 5.56 Å². The molecule has 1 aromatic heterocycles. The van der Waals surface area contributed by atoms with Crippen molar-refractivity contribution in [3.05, 3.63) is 72.3 Å². The first kappa shape index (κ1) is 18.2. The van der Waals surface area contributed by atoms with Crippen molar-refractivity contribution in [2.75, 3.05) is 19.0 Å². The predicted octanol–water partition coefficient (Wildman–Crippen LogP) is 4.59. The van der Waals surface area contributed by atoms with Gasteiger partial charge in [-0.25, -0.2) is 0 Å². The first-order valence-electron chi connectivity index (χ1n) is 9.25. The number of para-hydroxylation sites is 1. The summed E-state index contributed by atoms with van der Waals surface area (Å²) in [6.07, 6.45) is 0.